The van der Waals surface area contributed by atoms with Gasteiger partial charge < -0.3 is 10.3 Å². The van der Waals surface area contributed by atoms with Crippen molar-refractivity contribution in [3.8, 4) is 0 Å². The molecule has 1 aromatic carbocycles. The molecule has 0 saturated heterocycles. The molecule has 0 N–H and O–H groups in total. The van der Waals surface area contributed by atoms with Gasteiger partial charge in [-0.25, -0.2) is 4.79 Å². The van der Waals surface area contributed by atoms with Gasteiger partial charge in [-0.15, -0.1) is 0 Å². The first-order valence-electron chi connectivity index (χ1n) is 6.19. The van der Waals surface area contributed by atoms with Gasteiger partial charge in [-0.2, -0.15) is 4.79 Å². The Hall–Kier alpha value is -2.19. The fraction of sp³-hybridized carbons (Fsp3) is 0.333. The first-order valence-corrected chi connectivity index (χ1v) is 6.19. The second-order valence-electron chi connectivity index (χ2n) is 4.36. The second-order valence-corrected chi connectivity index (χ2v) is 4.36. The lowest BCUT2D eigenvalue weighted by molar-refractivity contribution is -0.140. The Balaban J connectivity index is 3.02. The van der Waals surface area contributed by atoms with Gasteiger partial charge in [-0.05, 0) is 31.9 Å². The molecule has 1 rings (SSSR count). The van der Waals surface area contributed by atoms with E-state index >= 15 is 0 Å². The number of nitrogens with zero attached hydrogens (tertiary/aromatic N) is 2. The van der Waals surface area contributed by atoms with Gasteiger partial charge in [-0.3, -0.25) is 0 Å². The van der Waals surface area contributed by atoms with Crippen LogP contribution in [0.25, 0.3) is 11.6 Å². The molecule has 0 spiro atoms. The molecule has 0 bridgehead atoms. The SMILES string of the molecule is CCOC(=O)C(Cc1ccccc1C=C(C)C)=[N+]=[N-]. The van der Waals surface area contributed by atoms with E-state index < -0.39 is 5.97 Å². The van der Waals surface area contributed by atoms with Crippen LogP contribution < -0.4 is 0 Å². The molecule has 0 unspecified atom stereocenters. The van der Waals surface area contributed by atoms with Crippen LogP contribution in [-0.2, 0) is 16.0 Å². The predicted molar refractivity (Wildman–Crippen MR) is 74.7 cm³/mol. The van der Waals surface area contributed by atoms with Crippen LogP contribution in [0.15, 0.2) is 29.8 Å². The topological polar surface area (TPSA) is 62.7 Å². The quantitative estimate of drug-likeness (QED) is 0.353. The maximum Gasteiger partial charge on any atom is 0.417 e. The lowest BCUT2D eigenvalue weighted by atomic mass is 10.0. The number of carbonyl (C=O) groups is 1. The molecule has 0 saturated carbocycles. The van der Waals surface area contributed by atoms with E-state index in [4.69, 9.17) is 10.3 Å². The predicted octanol–water partition coefficient (Wildman–Crippen LogP) is 2.89. The van der Waals surface area contributed by atoms with Crippen molar-refractivity contribution in [2.24, 2.45) is 0 Å². The minimum absolute atomic E-state index is 0.0106. The summed E-state index contributed by atoms with van der Waals surface area (Å²) in [5.41, 5.74) is 12.0. The van der Waals surface area contributed by atoms with E-state index in [0.29, 0.717) is 0 Å². The van der Waals surface area contributed by atoms with Crippen LogP contribution in [0.3, 0.4) is 0 Å². The van der Waals surface area contributed by atoms with Crippen molar-refractivity contribution in [1.29, 1.82) is 0 Å². The number of ether oxygens (including phenoxy) is 1. The van der Waals surface area contributed by atoms with Gasteiger partial charge in [-0.1, -0.05) is 35.9 Å². The molecule has 19 heavy (non-hydrogen) atoms. The van der Waals surface area contributed by atoms with E-state index in [-0.39, 0.29) is 18.7 Å². The highest BCUT2D eigenvalue weighted by molar-refractivity contribution is 6.34. The fourth-order valence-electron chi connectivity index (χ4n) is 1.69. The Morgan fingerprint density at radius 3 is 2.63 bits per heavy atom. The van der Waals surface area contributed by atoms with Crippen molar-refractivity contribution in [3.63, 3.8) is 0 Å². The Kier molecular flexibility index (Phi) is 5.71. The Bertz CT molecular complexity index is 537. The fourth-order valence-corrected chi connectivity index (χ4v) is 1.69. The van der Waals surface area contributed by atoms with Crippen molar-refractivity contribution in [1.82, 2.24) is 0 Å². The number of hydrogen-bond acceptors (Lipinski definition) is 2. The standard InChI is InChI=1S/C15H18N2O2/c1-4-19-15(18)14(17-16)10-13-8-6-5-7-12(13)9-11(2)3/h5-9H,4,10H2,1-3H3. The molecular weight excluding hydrogens is 240 g/mol. The lowest BCUT2D eigenvalue weighted by Crippen LogP contribution is -2.21. The third kappa shape index (κ3) is 4.53. The van der Waals surface area contributed by atoms with Gasteiger partial charge in [0, 0.05) is 0 Å². The molecule has 0 aromatic heterocycles. The Morgan fingerprint density at radius 2 is 2.05 bits per heavy atom. The number of benzene rings is 1. The molecule has 0 atom stereocenters. The number of carbonyl (C=O) groups excluding carboxylic acids is 1. The van der Waals surface area contributed by atoms with Gasteiger partial charge in [0.25, 0.3) is 0 Å². The van der Waals surface area contributed by atoms with E-state index in [1.54, 1.807) is 6.92 Å². The highest BCUT2D eigenvalue weighted by atomic mass is 16.5. The molecule has 100 valence electrons. The summed E-state index contributed by atoms with van der Waals surface area (Å²) in [6.45, 7) is 5.98. The van der Waals surface area contributed by atoms with Gasteiger partial charge >= 0.3 is 11.7 Å². The normalized spacial score (nSPS) is 9.42. The average molecular weight is 258 g/mol. The second kappa shape index (κ2) is 7.29. The van der Waals surface area contributed by atoms with E-state index in [9.17, 15) is 4.79 Å². The first kappa shape index (κ1) is 14.9. The van der Waals surface area contributed by atoms with Crippen molar-refractivity contribution in [2.75, 3.05) is 6.61 Å². The summed E-state index contributed by atoms with van der Waals surface area (Å²) < 4.78 is 4.84. The summed E-state index contributed by atoms with van der Waals surface area (Å²) in [5.74, 6) is -0.586. The van der Waals surface area contributed by atoms with Crippen LogP contribution in [-0.4, -0.2) is 23.1 Å². The monoisotopic (exact) mass is 258 g/mol. The summed E-state index contributed by atoms with van der Waals surface area (Å²) in [5, 5.41) is 0. The average Bonchev–Trinajstić information content (AvgIpc) is 2.37. The summed E-state index contributed by atoms with van der Waals surface area (Å²) >= 11 is 0. The number of allylic oxidation sites excluding steroid dienone is 1. The van der Waals surface area contributed by atoms with Crippen molar-refractivity contribution in [3.05, 3.63) is 46.5 Å². The summed E-state index contributed by atoms with van der Waals surface area (Å²) in [6.07, 6.45) is 2.27. The molecule has 4 nitrogen and oxygen atoms in total. The van der Waals surface area contributed by atoms with E-state index in [1.807, 2.05) is 44.2 Å². The molecule has 0 radical (unpaired) electrons. The third-order valence-electron chi connectivity index (χ3n) is 2.49. The Morgan fingerprint density at radius 1 is 1.37 bits per heavy atom. The zero-order chi connectivity index (χ0) is 14.3. The number of rotatable bonds is 5. The zero-order valence-corrected chi connectivity index (χ0v) is 11.5. The molecule has 0 aliphatic heterocycles. The van der Waals surface area contributed by atoms with Crippen molar-refractivity contribution >= 4 is 17.8 Å². The maximum atomic E-state index is 11.6. The molecule has 0 amide bonds. The summed E-state index contributed by atoms with van der Waals surface area (Å²) in [6, 6.07) is 7.68. The van der Waals surface area contributed by atoms with Crippen LogP contribution >= 0.6 is 0 Å². The molecule has 1 aromatic rings. The van der Waals surface area contributed by atoms with Crippen LogP contribution in [0, 0.1) is 0 Å². The van der Waals surface area contributed by atoms with Gasteiger partial charge in [0.15, 0.2) is 0 Å². The Labute approximate surface area is 113 Å². The highest BCUT2D eigenvalue weighted by Crippen LogP contribution is 2.14. The summed E-state index contributed by atoms with van der Waals surface area (Å²) in [7, 11) is 0. The smallest absolute Gasteiger partial charge is 0.417 e. The third-order valence-corrected chi connectivity index (χ3v) is 2.49. The number of hydrogen-bond donors (Lipinski definition) is 0. The largest absolute Gasteiger partial charge is 0.457 e. The number of esters is 1. The van der Waals surface area contributed by atoms with Crippen LogP contribution in [0.5, 0.6) is 0 Å². The van der Waals surface area contributed by atoms with Crippen LogP contribution in [0.2, 0.25) is 0 Å². The van der Waals surface area contributed by atoms with Gasteiger partial charge in [0.1, 0.15) is 0 Å². The molecule has 4 heteroatoms. The van der Waals surface area contributed by atoms with Crippen molar-refractivity contribution in [2.45, 2.75) is 27.2 Å². The molecule has 0 aliphatic carbocycles. The van der Waals surface area contributed by atoms with Crippen molar-refractivity contribution < 1.29 is 14.3 Å². The van der Waals surface area contributed by atoms with Crippen LogP contribution in [0.1, 0.15) is 31.9 Å². The minimum Gasteiger partial charge on any atom is -0.457 e. The minimum atomic E-state index is -0.586. The van der Waals surface area contributed by atoms with E-state index in [2.05, 4.69) is 4.79 Å². The van der Waals surface area contributed by atoms with Gasteiger partial charge in [0.05, 0.1) is 13.0 Å². The van der Waals surface area contributed by atoms with Crippen LogP contribution in [0.4, 0.5) is 0 Å². The van der Waals surface area contributed by atoms with E-state index in [1.165, 1.54) is 0 Å². The highest BCUT2D eigenvalue weighted by Gasteiger charge is 2.22. The van der Waals surface area contributed by atoms with E-state index in [0.717, 1.165) is 16.7 Å². The molecular formula is C15H18N2O2. The lowest BCUT2D eigenvalue weighted by Gasteiger charge is -2.04. The first-order chi connectivity index (χ1) is 9.08. The molecule has 0 aliphatic rings. The molecule has 0 fully saturated rings. The maximum absolute atomic E-state index is 11.6. The molecule has 0 heterocycles. The summed E-state index contributed by atoms with van der Waals surface area (Å²) in [4.78, 5) is 14.6. The zero-order valence-electron chi connectivity index (χ0n) is 11.5. The van der Waals surface area contributed by atoms with Gasteiger partial charge in [0.2, 0.25) is 0 Å².